The summed E-state index contributed by atoms with van der Waals surface area (Å²) < 4.78 is 11.7. The van der Waals surface area contributed by atoms with Gasteiger partial charge in [0.25, 0.3) is 0 Å². The zero-order valence-corrected chi connectivity index (χ0v) is 15.3. The van der Waals surface area contributed by atoms with Crippen LogP contribution in [0.15, 0.2) is 24.3 Å². The largest absolute Gasteiger partial charge is 0.487 e. The number of carbonyl (C=O) groups is 1. The van der Waals surface area contributed by atoms with Gasteiger partial charge in [-0.15, -0.1) is 12.4 Å². The summed E-state index contributed by atoms with van der Waals surface area (Å²) >= 11 is 0. The second-order valence-electron chi connectivity index (χ2n) is 7.53. The molecule has 1 saturated carbocycles. The van der Waals surface area contributed by atoms with Crippen molar-refractivity contribution in [1.82, 2.24) is 5.32 Å². The molecule has 4 rings (SSSR count). The van der Waals surface area contributed by atoms with Gasteiger partial charge in [-0.05, 0) is 44.6 Å². The SMILES string of the molecule is Cl.NC1(C(=O)NC2CC3(CCCC3)Oc3ccccc32)CCOCC1. The monoisotopic (exact) mass is 366 g/mol. The molecule has 2 aliphatic heterocycles. The van der Waals surface area contributed by atoms with Crippen LogP contribution in [0.25, 0.3) is 0 Å². The summed E-state index contributed by atoms with van der Waals surface area (Å²) in [6.07, 6.45) is 6.51. The second-order valence-corrected chi connectivity index (χ2v) is 7.53. The second kappa shape index (κ2) is 7.14. The Labute approximate surface area is 155 Å². The predicted molar refractivity (Wildman–Crippen MR) is 98.0 cm³/mol. The number of nitrogens with two attached hydrogens (primary N) is 1. The summed E-state index contributed by atoms with van der Waals surface area (Å²) in [6, 6.07) is 8.04. The summed E-state index contributed by atoms with van der Waals surface area (Å²) in [5, 5.41) is 3.24. The summed E-state index contributed by atoms with van der Waals surface area (Å²) in [7, 11) is 0. The van der Waals surface area contributed by atoms with Crippen molar-refractivity contribution in [3.8, 4) is 5.75 Å². The smallest absolute Gasteiger partial charge is 0.240 e. The quantitative estimate of drug-likeness (QED) is 0.844. The maximum Gasteiger partial charge on any atom is 0.240 e. The minimum absolute atomic E-state index is 0. The maximum absolute atomic E-state index is 12.9. The fraction of sp³-hybridized carbons (Fsp3) is 0.632. The molecule has 138 valence electrons. The number of fused-ring (bicyclic) bond motifs is 1. The van der Waals surface area contributed by atoms with E-state index in [-0.39, 0.29) is 30.0 Å². The molecule has 1 aliphatic carbocycles. The molecule has 5 nitrogen and oxygen atoms in total. The zero-order chi connectivity index (χ0) is 16.6. The van der Waals surface area contributed by atoms with Crippen LogP contribution in [0, 0.1) is 0 Å². The van der Waals surface area contributed by atoms with Crippen LogP contribution in [0.4, 0.5) is 0 Å². The van der Waals surface area contributed by atoms with Crippen LogP contribution in [0.3, 0.4) is 0 Å². The van der Waals surface area contributed by atoms with E-state index in [1.807, 2.05) is 18.2 Å². The van der Waals surface area contributed by atoms with Crippen molar-refractivity contribution in [3.63, 3.8) is 0 Å². The Morgan fingerprint density at radius 1 is 1.12 bits per heavy atom. The van der Waals surface area contributed by atoms with Crippen molar-refractivity contribution >= 4 is 18.3 Å². The normalized spacial score (nSPS) is 26.2. The van der Waals surface area contributed by atoms with Gasteiger partial charge in [0.15, 0.2) is 0 Å². The van der Waals surface area contributed by atoms with Gasteiger partial charge in [-0.2, -0.15) is 0 Å². The van der Waals surface area contributed by atoms with E-state index in [0.29, 0.717) is 26.1 Å². The number of carbonyl (C=O) groups excluding carboxylic acids is 1. The van der Waals surface area contributed by atoms with Crippen LogP contribution >= 0.6 is 12.4 Å². The molecule has 1 unspecified atom stereocenters. The number of ether oxygens (including phenoxy) is 2. The molecule has 0 aromatic heterocycles. The summed E-state index contributed by atoms with van der Waals surface area (Å²) in [5.74, 6) is 0.856. The molecule has 3 aliphatic rings. The number of para-hydroxylation sites is 1. The third-order valence-corrected chi connectivity index (χ3v) is 5.85. The van der Waals surface area contributed by atoms with Gasteiger partial charge in [0.05, 0.1) is 11.6 Å². The summed E-state index contributed by atoms with van der Waals surface area (Å²) in [5.41, 5.74) is 6.50. The third-order valence-electron chi connectivity index (χ3n) is 5.85. The van der Waals surface area contributed by atoms with E-state index in [1.165, 1.54) is 12.8 Å². The van der Waals surface area contributed by atoms with E-state index in [1.54, 1.807) is 0 Å². The highest BCUT2D eigenvalue weighted by molar-refractivity contribution is 5.86. The molecule has 1 amide bonds. The fourth-order valence-corrected chi connectivity index (χ4v) is 4.34. The molecule has 2 fully saturated rings. The molecule has 1 aromatic rings. The summed E-state index contributed by atoms with van der Waals surface area (Å²) in [4.78, 5) is 12.9. The zero-order valence-electron chi connectivity index (χ0n) is 14.5. The Kier molecular flexibility index (Phi) is 5.28. The topological polar surface area (TPSA) is 73.6 Å². The van der Waals surface area contributed by atoms with Gasteiger partial charge >= 0.3 is 0 Å². The molecule has 25 heavy (non-hydrogen) atoms. The lowest BCUT2D eigenvalue weighted by Crippen LogP contribution is -2.58. The number of hydrogen-bond acceptors (Lipinski definition) is 4. The first-order valence-corrected chi connectivity index (χ1v) is 9.06. The number of amides is 1. The van der Waals surface area contributed by atoms with Gasteiger partial charge in [-0.1, -0.05) is 18.2 Å². The fourth-order valence-electron chi connectivity index (χ4n) is 4.34. The maximum atomic E-state index is 12.9. The van der Waals surface area contributed by atoms with E-state index in [0.717, 1.165) is 30.6 Å². The molecule has 1 spiro atoms. The van der Waals surface area contributed by atoms with E-state index >= 15 is 0 Å². The number of hydrogen-bond donors (Lipinski definition) is 2. The Morgan fingerprint density at radius 2 is 1.80 bits per heavy atom. The van der Waals surface area contributed by atoms with Crippen LogP contribution < -0.4 is 15.8 Å². The van der Waals surface area contributed by atoms with Crippen LogP contribution in [-0.4, -0.2) is 30.3 Å². The Morgan fingerprint density at radius 3 is 2.52 bits per heavy atom. The molecule has 1 atom stereocenters. The van der Waals surface area contributed by atoms with E-state index in [2.05, 4.69) is 11.4 Å². The molecule has 3 N–H and O–H groups in total. The lowest BCUT2D eigenvalue weighted by Gasteiger charge is -2.41. The molecule has 1 aromatic carbocycles. The summed E-state index contributed by atoms with van der Waals surface area (Å²) in [6.45, 7) is 1.11. The first-order valence-electron chi connectivity index (χ1n) is 9.06. The molecule has 6 heteroatoms. The minimum Gasteiger partial charge on any atom is -0.487 e. The Balaban J connectivity index is 0.00000182. The highest BCUT2D eigenvalue weighted by Gasteiger charge is 2.45. The van der Waals surface area contributed by atoms with E-state index in [4.69, 9.17) is 15.2 Å². The van der Waals surface area contributed by atoms with Crippen molar-refractivity contribution < 1.29 is 14.3 Å². The van der Waals surface area contributed by atoms with Gasteiger partial charge in [-0.25, -0.2) is 0 Å². The van der Waals surface area contributed by atoms with Crippen LogP contribution in [0.2, 0.25) is 0 Å². The van der Waals surface area contributed by atoms with Crippen molar-refractivity contribution in [2.75, 3.05) is 13.2 Å². The first kappa shape index (κ1) is 18.5. The molecular formula is C19H27ClN2O3. The van der Waals surface area contributed by atoms with E-state index in [9.17, 15) is 4.79 Å². The van der Waals surface area contributed by atoms with Crippen molar-refractivity contribution in [3.05, 3.63) is 29.8 Å². The Hall–Kier alpha value is -1.30. The van der Waals surface area contributed by atoms with Crippen LogP contribution in [-0.2, 0) is 9.53 Å². The van der Waals surface area contributed by atoms with Crippen LogP contribution in [0.1, 0.15) is 56.6 Å². The first-order chi connectivity index (χ1) is 11.6. The van der Waals surface area contributed by atoms with E-state index < -0.39 is 5.54 Å². The van der Waals surface area contributed by atoms with Crippen molar-refractivity contribution in [2.24, 2.45) is 5.73 Å². The molecular weight excluding hydrogens is 340 g/mol. The van der Waals surface area contributed by atoms with Crippen molar-refractivity contribution in [2.45, 2.75) is 62.1 Å². The predicted octanol–water partition coefficient (Wildman–Crippen LogP) is 2.87. The number of benzene rings is 1. The average Bonchev–Trinajstić information content (AvgIpc) is 3.03. The standard InChI is InChI=1S/C19H26N2O3.ClH/c20-19(9-11-23-12-10-19)17(22)21-15-13-18(7-3-4-8-18)24-16-6-2-1-5-14(15)16;/h1-2,5-6,15H,3-4,7-13,20H2,(H,21,22);1H. The average molecular weight is 367 g/mol. The highest BCUT2D eigenvalue weighted by Crippen LogP contribution is 2.47. The van der Waals surface area contributed by atoms with Gasteiger partial charge in [0, 0.05) is 25.2 Å². The number of rotatable bonds is 2. The lowest BCUT2D eigenvalue weighted by atomic mass is 9.84. The lowest BCUT2D eigenvalue weighted by molar-refractivity contribution is -0.131. The van der Waals surface area contributed by atoms with Gasteiger partial charge < -0.3 is 20.5 Å². The Bertz CT molecular complexity index is 625. The number of nitrogens with one attached hydrogen (secondary N) is 1. The highest BCUT2D eigenvalue weighted by atomic mass is 35.5. The van der Waals surface area contributed by atoms with Crippen LogP contribution in [0.5, 0.6) is 5.75 Å². The number of halogens is 1. The van der Waals surface area contributed by atoms with Crippen molar-refractivity contribution in [1.29, 1.82) is 0 Å². The molecule has 1 saturated heterocycles. The minimum atomic E-state index is -0.811. The van der Waals surface area contributed by atoms with Gasteiger partial charge in [0.2, 0.25) is 5.91 Å². The van der Waals surface area contributed by atoms with Gasteiger partial charge in [0.1, 0.15) is 11.4 Å². The van der Waals surface area contributed by atoms with Gasteiger partial charge in [-0.3, -0.25) is 4.79 Å². The molecule has 2 heterocycles. The molecule has 0 bridgehead atoms. The molecule has 0 radical (unpaired) electrons. The third kappa shape index (κ3) is 3.50.